The van der Waals surface area contributed by atoms with Crippen LogP contribution in [-0.2, 0) is 26.2 Å². The summed E-state index contributed by atoms with van der Waals surface area (Å²) in [5.74, 6) is -0.195. The van der Waals surface area contributed by atoms with Gasteiger partial charge in [-0.05, 0) is 85.5 Å². The predicted molar refractivity (Wildman–Crippen MR) is 154 cm³/mol. The number of hydrogen-bond acceptors (Lipinski definition) is 5. The van der Waals surface area contributed by atoms with E-state index in [2.05, 4.69) is 5.32 Å². The lowest BCUT2D eigenvalue weighted by molar-refractivity contribution is -0.140. The number of carbonyl (C=O) groups is 2. The van der Waals surface area contributed by atoms with E-state index in [1.165, 1.54) is 36.2 Å². The topological polar surface area (TPSA) is 96.0 Å². The fraction of sp³-hybridized carbons (Fsp3) is 0.310. The molecule has 0 radical (unpaired) electrons. The minimum Gasteiger partial charge on any atom is -0.497 e. The largest absolute Gasteiger partial charge is 0.497 e. The van der Waals surface area contributed by atoms with Gasteiger partial charge in [-0.1, -0.05) is 36.7 Å². The molecular weight excluding hydrogens is 538 g/mol. The maximum absolute atomic E-state index is 14.0. The Morgan fingerprint density at radius 2 is 1.62 bits per heavy atom. The van der Waals surface area contributed by atoms with Gasteiger partial charge in [0.25, 0.3) is 10.0 Å². The van der Waals surface area contributed by atoms with Crippen LogP contribution in [0.1, 0.15) is 30.0 Å². The highest BCUT2D eigenvalue weighted by Crippen LogP contribution is 2.27. The molecule has 0 aliphatic carbocycles. The third kappa shape index (κ3) is 7.10. The summed E-state index contributed by atoms with van der Waals surface area (Å²) in [6.07, 6.45) is 0.342. The van der Waals surface area contributed by atoms with Crippen LogP contribution in [0, 0.1) is 13.8 Å². The van der Waals surface area contributed by atoms with Crippen LogP contribution >= 0.6 is 11.6 Å². The summed E-state index contributed by atoms with van der Waals surface area (Å²) < 4.78 is 34.1. The van der Waals surface area contributed by atoms with Crippen LogP contribution in [0.15, 0.2) is 71.6 Å². The number of anilines is 1. The van der Waals surface area contributed by atoms with E-state index < -0.39 is 28.5 Å². The lowest BCUT2D eigenvalue weighted by Crippen LogP contribution is -2.51. The number of likely N-dealkylation sites (N-methyl/N-ethyl adjacent to an activating group) is 1. The van der Waals surface area contributed by atoms with Crippen molar-refractivity contribution in [2.45, 2.75) is 44.7 Å². The molecule has 0 saturated heterocycles. The van der Waals surface area contributed by atoms with Crippen molar-refractivity contribution in [2.75, 3.05) is 25.0 Å². The number of carbonyl (C=O) groups excluding carboxylic acids is 2. The Labute approximate surface area is 235 Å². The zero-order chi connectivity index (χ0) is 28.7. The molecule has 10 heteroatoms. The molecule has 0 saturated carbocycles. The lowest BCUT2D eigenvalue weighted by atomic mass is 10.1. The van der Waals surface area contributed by atoms with Crippen LogP contribution < -0.4 is 14.4 Å². The van der Waals surface area contributed by atoms with E-state index in [0.717, 1.165) is 21.0 Å². The van der Waals surface area contributed by atoms with Gasteiger partial charge in [-0.3, -0.25) is 13.9 Å². The summed E-state index contributed by atoms with van der Waals surface area (Å²) in [5.41, 5.74) is 2.98. The maximum Gasteiger partial charge on any atom is 0.264 e. The molecule has 1 N–H and O–H groups in total. The Hall–Kier alpha value is -3.56. The first kappa shape index (κ1) is 30.0. The van der Waals surface area contributed by atoms with Crippen molar-refractivity contribution in [3.63, 3.8) is 0 Å². The summed E-state index contributed by atoms with van der Waals surface area (Å²) in [6, 6.07) is 17.4. The predicted octanol–water partition coefficient (Wildman–Crippen LogP) is 4.71. The van der Waals surface area contributed by atoms with E-state index in [1.54, 1.807) is 50.4 Å². The summed E-state index contributed by atoms with van der Waals surface area (Å²) in [7, 11) is -1.09. The molecule has 0 aromatic heterocycles. The minimum absolute atomic E-state index is 0.00187. The average Bonchev–Trinajstić information content (AvgIpc) is 2.93. The van der Waals surface area contributed by atoms with Crippen molar-refractivity contribution in [2.24, 2.45) is 0 Å². The van der Waals surface area contributed by atoms with E-state index in [9.17, 15) is 18.0 Å². The monoisotopic (exact) mass is 571 g/mol. The van der Waals surface area contributed by atoms with Crippen LogP contribution in [0.3, 0.4) is 0 Å². The van der Waals surface area contributed by atoms with Crippen molar-refractivity contribution >= 4 is 39.1 Å². The number of hydrogen-bond donors (Lipinski definition) is 1. The van der Waals surface area contributed by atoms with Crippen LogP contribution in [0.2, 0.25) is 5.02 Å². The normalized spacial score (nSPS) is 11.9. The number of benzene rings is 3. The molecule has 208 valence electrons. The minimum atomic E-state index is -4.16. The molecule has 3 aromatic rings. The van der Waals surface area contributed by atoms with E-state index >= 15 is 0 Å². The molecule has 1 unspecified atom stereocenters. The SMILES string of the molecule is CCC(C(=O)NC)N(Cc1ccc(OC)cc1)C(=O)CN(c1ccc(C)c(C)c1)S(=O)(=O)c1ccc(Cl)cc1. The average molecular weight is 572 g/mol. The standard InChI is InChI=1S/C29H34ClN3O5S/c1-6-27(29(35)31-4)32(18-22-8-13-25(38-5)14-9-22)28(34)19-33(24-12-7-20(2)21(3)17-24)39(36,37)26-15-10-23(30)11-16-26/h7-17,27H,6,18-19H2,1-5H3,(H,31,35). The summed E-state index contributed by atoms with van der Waals surface area (Å²) in [6.45, 7) is 5.21. The maximum atomic E-state index is 14.0. The number of rotatable bonds is 11. The summed E-state index contributed by atoms with van der Waals surface area (Å²) >= 11 is 6.00. The second-order valence-corrected chi connectivity index (χ2v) is 11.4. The quantitative estimate of drug-likeness (QED) is 0.359. The lowest BCUT2D eigenvalue weighted by Gasteiger charge is -2.33. The van der Waals surface area contributed by atoms with Crippen molar-refractivity contribution in [1.82, 2.24) is 10.2 Å². The fourth-order valence-corrected chi connectivity index (χ4v) is 5.69. The highest BCUT2D eigenvalue weighted by Gasteiger charge is 2.33. The highest BCUT2D eigenvalue weighted by atomic mass is 35.5. The number of halogens is 1. The molecule has 3 rings (SSSR count). The molecule has 1 atom stereocenters. The molecule has 3 aromatic carbocycles. The summed E-state index contributed by atoms with van der Waals surface area (Å²) in [5, 5.41) is 3.01. The number of methoxy groups -OCH3 is 1. The second-order valence-electron chi connectivity index (χ2n) is 9.14. The van der Waals surface area contributed by atoms with Gasteiger partial charge >= 0.3 is 0 Å². The van der Waals surface area contributed by atoms with Crippen molar-refractivity contribution in [1.29, 1.82) is 0 Å². The molecule has 0 fully saturated rings. The van der Waals surface area contributed by atoms with Crippen molar-refractivity contribution < 1.29 is 22.7 Å². The van der Waals surface area contributed by atoms with Gasteiger partial charge in [0.05, 0.1) is 17.7 Å². The van der Waals surface area contributed by atoms with Crippen molar-refractivity contribution in [3.8, 4) is 5.75 Å². The van der Waals surface area contributed by atoms with Gasteiger partial charge < -0.3 is 15.0 Å². The van der Waals surface area contributed by atoms with Gasteiger partial charge in [0.2, 0.25) is 11.8 Å². The third-order valence-corrected chi connectivity index (χ3v) is 8.64. The molecule has 0 heterocycles. The van der Waals surface area contributed by atoms with Gasteiger partial charge in [0.15, 0.2) is 0 Å². The van der Waals surface area contributed by atoms with E-state index in [0.29, 0.717) is 22.9 Å². The fourth-order valence-electron chi connectivity index (χ4n) is 4.16. The number of aryl methyl sites for hydroxylation is 2. The highest BCUT2D eigenvalue weighted by molar-refractivity contribution is 7.92. The van der Waals surface area contributed by atoms with Crippen LogP contribution in [0.4, 0.5) is 5.69 Å². The number of nitrogens with one attached hydrogen (secondary N) is 1. The Balaban J connectivity index is 2.07. The molecule has 0 bridgehead atoms. The first-order chi connectivity index (χ1) is 18.5. The molecule has 0 aliphatic heterocycles. The molecule has 8 nitrogen and oxygen atoms in total. The van der Waals surface area contributed by atoms with Gasteiger partial charge in [-0.2, -0.15) is 0 Å². The Bertz CT molecular complexity index is 1410. The second kappa shape index (κ2) is 13.0. The van der Waals surface area contributed by atoms with Gasteiger partial charge in [-0.25, -0.2) is 8.42 Å². The number of nitrogens with zero attached hydrogens (tertiary/aromatic N) is 2. The van der Waals surface area contributed by atoms with Crippen LogP contribution in [0.25, 0.3) is 0 Å². The van der Waals surface area contributed by atoms with Crippen LogP contribution in [0.5, 0.6) is 5.75 Å². The molecule has 2 amide bonds. The third-order valence-electron chi connectivity index (χ3n) is 6.60. The molecule has 39 heavy (non-hydrogen) atoms. The van der Waals surface area contributed by atoms with E-state index in [4.69, 9.17) is 16.3 Å². The van der Waals surface area contributed by atoms with E-state index in [-0.39, 0.29) is 17.3 Å². The summed E-state index contributed by atoms with van der Waals surface area (Å²) in [4.78, 5) is 28.2. The van der Waals surface area contributed by atoms with Crippen molar-refractivity contribution in [3.05, 3.63) is 88.4 Å². The number of amides is 2. The van der Waals surface area contributed by atoms with Gasteiger partial charge in [0.1, 0.15) is 18.3 Å². The first-order valence-corrected chi connectivity index (χ1v) is 14.3. The zero-order valence-electron chi connectivity index (χ0n) is 22.8. The van der Waals surface area contributed by atoms with E-state index in [1.807, 2.05) is 19.9 Å². The molecule has 0 aliphatic rings. The van der Waals surface area contributed by atoms with Gasteiger partial charge in [-0.15, -0.1) is 0 Å². The Morgan fingerprint density at radius 1 is 0.974 bits per heavy atom. The molecule has 0 spiro atoms. The Morgan fingerprint density at radius 3 is 2.15 bits per heavy atom. The number of ether oxygens (including phenoxy) is 1. The molecular formula is C29H34ClN3O5S. The van der Waals surface area contributed by atoms with Crippen LogP contribution in [-0.4, -0.2) is 51.9 Å². The smallest absolute Gasteiger partial charge is 0.264 e. The number of sulfonamides is 1. The first-order valence-electron chi connectivity index (χ1n) is 12.5. The zero-order valence-corrected chi connectivity index (χ0v) is 24.3. The Kier molecular flexibility index (Phi) is 9.99. The van der Waals surface area contributed by atoms with Gasteiger partial charge in [0, 0.05) is 18.6 Å².